The lowest BCUT2D eigenvalue weighted by molar-refractivity contribution is -0.144. The number of hydrogen-bond acceptors (Lipinski definition) is 5. The molecule has 1 amide bonds. The van der Waals surface area contributed by atoms with Crippen molar-refractivity contribution in [3.63, 3.8) is 0 Å². The van der Waals surface area contributed by atoms with Crippen molar-refractivity contribution in [1.29, 1.82) is 0 Å². The monoisotopic (exact) mass is 484 g/mol. The van der Waals surface area contributed by atoms with Crippen LogP contribution in [0.25, 0.3) is 0 Å². The van der Waals surface area contributed by atoms with Crippen molar-refractivity contribution >= 4 is 52.6 Å². The topological polar surface area (TPSA) is 77.4 Å². The highest BCUT2D eigenvalue weighted by Crippen LogP contribution is 2.21. The van der Waals surface area contributed by atoms with E-state index in [9.17, 15) is 14.4 Å². The third-order valence-electron chi connectivity index (χ3n) is 4.91. The summed E-state index contributed by atoms with van der Waals surface area (Å²) in [4.78, 5) is 37.9. The largest absolute Gasteiger partial charge is 0.456 e. The van der Waals surface area contributed by atoms with Crippen molar-refractivity contribution in [3.05, 3.63) is 56.8 Å². The number of carbonyl (C=O) groups is 3. The summed E-state index contributed by atoms with van der Waals surface area (Å²) in [6.07, 6.45) is 2.25. The number of aromatic nitrogens is 1. The van der Waals surface area contributed by atoms with Gasteiger partial charge in [0.05, 0.1) is 10.6 Å². The second-order valence-corrected chi connectivity index (χ2v) is 8.82. The fourth-order valence-corrected chi connectivity index (χ4v) is 4.25. The average Bonchev–Trinajstić information content (AvgIpc) is 3.02. The van der Waals surface area contributed by atoms with Crippen LogP contribution in [0.2, 0.25) is 10.0 Å². The van der Waals surface area contributed by atoms with Gasteiger partial charge in [0, 0.05) is 28.5 Å². The Morgan fingerprint density at radius 3 is 2.45 bits per heavy atom. The molecule has 0 spiro atoms. The number of benzene rings is 1. The molecule has 0 radical (unpaired) electrons. The van der Waals surface area contributed by atoms with Gasteiger partial charge in [-0.05, 0) is 63.5 Å². The predicted molar refractivity (Wildman–Crippen MR) is 126 cm³/mol. The van der Waals surface area contributed by atoms with Crippen LogP contribution >= 0.6 is 35.0 Å². The molecule has 0 fully saturated rings. The lowest BCUT2D eigenvalue weighted by atomic mass is 10.1. The Labute approximate surface area is 196 Å². The fraction of sp³-hybridized carbons (Fsp3) is 0.409. The first-order valence-corrected chi connectivity index (χ1v) is 12.0. The highest BCUT2D eigenvalue weighted by molar-refractivity contribution is 7.98. The molecule has 1 aromatic carbocycles. The Bertz CT molecular complexity index is 975. The van der Waals surface area contributed by atoms with Crippen LogP contribution in [0, 0.1) is 13.8 Å². The molecule has 1 aromatic heterocycles. The Morgan fingerprint density at radius 1 is 1.16 bits per heavy atom. The Balaban J connectivity index is 2.07. The van der Waals surface area contributed by atoms with Gasteiger partial charge < -0.3 is 14.6 Å². The predicted octanol–water partition coefficient (Wildman–Crippen LogP) is 4.71. The van der Waals surface area contributed by atoms with Crippen molar-refractivity contribution < 1.29 is 19.1 Å². The minimum atomic E-state index is -0.900. The third kappa shape index (κ3) is 6.51. The second kappa shape index (κ2) is 11.6. The van der Waals surface area contributed by atoms with Gasteiger partial charge in [-0.3, -0.25) is 9.59 Å². The molecular weight excluding hydrogens is 459 g/mol. The maximum absolute atomic E-state index is 12.6. The van der Waals surface area contributed by atoms with Crippen molar-refractivity contribution in [2.45, 2.75) is 39.8 Å². The van der Waals surface area contributed by atoms with Gasteiger partial charge >= 0.3 is 5.97 Å². The molecule has 0 saturated heterocycles. The fourth-order valence-electron chi connectivity index (χ4n) is 3.28. The van der Waals surface area contributed by atoms with Crippen LogP contribution in [-0.2, 0) is 16.1 Å². The summed E-state index contributed by atoms with van der Waals surface area (Å²) < 4.78 is 7.29. The first-order valence-electron chi connectivity index (χ1n) is 9.81. The molecule has 31 heavy (non-hydrogen) atoms. The number of amides is 1. The van der Waals surface area contributed by atoms with Crippen LogP contribution in [0.3, 0.4) is 0 Å². The second-order valence-electron chi connectivity index (χ2n) is 6.99. The van der Waals surface area contributed by atoms with E-state index in [0.29, 0.717) is 22.8 Å². The molecule has 1 N–H and O–H groups in total. The van der Waals surface area contributed by atoms with E-state index in [2.05, 4.69) is 5.32 Å². The van der Waals surface area contributed by atoms with Crippen LogP contribution in [0.1, 0.15) is 45.4 Å². The van der Waals surface area contributed by atoms with Crippen LogP contribution in [0.5, 0.6) is 0 Å². The molecule has 0 aliphatic carbocycles. The molecule has 0 saturated carbocycles. The van der Waals surface area contributed by atoms with Crippen molar-refractivity contribution in [2.75, 3.05) is 18.6 Å². The van der Waals surface area contributed by atoms with Gasteiger partial charge in [-0.1, -0.05) is 23.2 Å². The Hall–Kier alpha value is -1.96. The number of aryl methyl sites for hydroxylation is 1. The number of hydrogen-bond donors (Lipinski definition) is 1. The Morgan fingerprint density at radius 2 is 1.87 bits per heavy atom. The molecular formula is C22H26Cl2N2O4S. The molecule has 168 valence electrons. The summed E-state index contributed by atoms with van der Waals surface area (Å²) in [6, 6.07) is 5.39. The van der Waals surface area contributed by atoms with E-state index in [4.69, 9.17) is 27.9 Å². The number of Topliss-reactive ketones (excluding diaryl/α,β-unsaturated/α-hetero) is 1. The van der Waals surface area contributed by atoms with Gasteiger partial charge in [0.1, 0.15) is 6.04 Å². The number of halogens is 2. The minimum absolute atomic E-state index is 0.184. The molecule has 0 aliphatic rings. The first-order chi connectivity index (χ1) is 14.7. The molecule has 0 bridgehead atoms. The van der Waals surface area contributed by atoms with Crippen LogP contribution in [0.4, 0.5) is 0 Å². The summed E-state index contributed by atoms with van der Waals surface area (Å²) in [5.74, 6) is -0.829. The van der Waals surface area contributed by atoms with E-state index in [1.165, 1.54) is 23.9 Å². The maximum Gasteiger partial charge on any atom is 0.329 e. The highest BCUT2D eigenvalue weighted by Gasteiger charge is 2.25. The van der Waals surface area contributed by atoms with Gasteiger partial charge in [-0.25, -0.2) is 4.79 Å². The zero-order valence-electron chi connectivity index (χ0n) is 18.0. The van der Waals surface area contributed by atoms with Gasteiger partial charge in [0.2, 0.25) is 5.78 Å². The quantitative estimate of drug-likeness (QED) is 0.390. The van der Waals surface area contributed by atoms with Gasteiger partial charge in [0.15, 0.2) is 6.61 Å². The third-order valence-corrected chi connectivity index (χ3v) is 6.10. The Kier molecular flexibility index (Phi) is 9.47. The number of rotatable bonds is 10. The molecule has 1 unspecified atom stereocenters. The zero-order valence-corrected chi connectivity index (χ0v) is 20.3. The zero-order chi connectivity index (χ0) is 23.1. The molecule has 2 rings (SSSR count). The summed E-state index contributed by atoms with van der Waals surface area (Å²) in [6.45, 7) is 6.15. The standard InChI is InChI=1S/C22H26Cl2N2O4S/c1-5-26-13(2)10-17(14(26)3)20(27)12-30-22(29)19(8-9-31-4)25-21(28)16-7-6-15(23)11-18(16)24/h6-7,10-11,19H,5,8-9,12H2,1-4H3,(H,25,28). The lowest BCUT2D eigenvalue weighted by Gasteiger charge is -2.17. The van der Waals surface area contributed by atoms with E-state index in [1.807, 2.05) is 31.6 Å². The smallest absolute Gasteiger partial charge is 0.329 e. The summed E-state index contributed by atoms with van der Waals surface area (Å²) in [7, 11) is 0. The van der Waals surface area contributed by atoms with Gasteiger partial charge in [0.25, 0.3) is 5.91 Å². The molecule has 0 aliphatic heterocycles. The minimum Gasteiger partial charge on any atom is -0.456 e. The molecule has 1 heterocycles. The lowest BCUT2D eigenvalue weighted by Crippen LogP contribution is -2.42. The van der Waals surface area contributed by atoms with E-state index in [1.54, 1.807) is 12.1 Å². The number of ketones is 1. The normalized spacial score (nSPS) is 11.8. The number of carbonyl (C=O) groups excluding carboxylic acids is 3. The van der Waals surface area contributed by atoms with Crippen molar-refractivity contribution in [2.24, 2.45) is 0 Å². The average molecular weight is 485 g/mol. The molecule has 9 heteroatoms. The number of nitrogens with zero attached hydrogens (tertiary/aromatic N) is 1. The molecule has 1 atom stereocenters. The van der Waals surface area contributed by atoms with Crippen LogP contribution in [0.15, 0.2) is 24.3 Å². The van der Waals surface area contributed by atoms with Crippen LogP contribution in [-0.4, -0.2) is 46.9 Å². The summed E-state index contributed by atoms with van der Waals surface area (Å²) in [5.41, 5.74) is 2.55. The van der Waals surface area contributed by atoms with Gasteiger partial charge in [-0.2, -0.15) is 11.8 Å². The molecule has 2 aromatic rings. The number of ether oxygens (including phenoxy) is 1. The highest BCUT2D eigenvalue weighted by atomic mass is 35.5. The van der Waals surface area contributed by atoms with E-state index >= 15 is 0 Å². The SMILES string of the molecule is CCn1c(C)cc(C(=O)COC(=O)C(CCSC)NC(=O)c2ccc(Cl)cc2Cl)c1C. The summed E-state index contributed by atoms with van der Waals surface area (Å²) >= 11 is 13.5. The molecule has 6 nitrogen and oxygen atoms in total. The number of nitrogens with one attached hydrogen (secondary N) is 1. The van der Waals surface area contributed by atoms with Gasteiger partial charge in [-0.15, -0.1) is 0 Å². The first kappa shape index (κ1) is 25.3. The van der Waals surface area contributed by atoms with E-state index < -0.39 is 17.9 Å². The number of esters is 1. The van der Waals surface area contributed by atoms with E-state index in [0.717, 1.165) is 17.9 Å². The maximum atomic E-state index is 12.6. The number of thioether (sulfide) groups is 1. The van der Waals surface area contributed by atoms with Crippen LogP contribution < -0.4 is 5.32 Å². The van der Waals surface area contributed by atoms with E-state index in [-0.39, 0.29) is 23.0 Å². The van der Waals surface area contributed by atoms with Crippen molar-refractivity contribution in [3.8, 4) is 0 Å². The van der Waals surface area contributed by atoms with Crippen molar-refractivity contribution in [1.82, 2.24) is 9.88 Å². The summed E-state index contributed by atoms with van der Waals surface area (Å²) in [5, 5.41) is 3.24.